The molecule has 0 fully saturated rings. The molecule has 31 heavy (non-hydrogen) atoms. The van der Waals surface area contributed by atoms with Crippen molar-refractivity contribution in [3.8, 4) is 0 Å². The van der Waals surface area contributed by atoms with E-state index in [1.807, 2.05) is 0 Å². The summed E-state index contributed by atoms with van der Waals surface area (Å²) in [6.07, 6.45) is 2.22. The van der Waals surface area contributed by atoms with Crippen LogP contribution in [-0.2, 0) is 17.6 Å². The van der Waals surface area contributed by atoms with Crippen LogP contribution in [0.5, 0.6) is 0 Å². The van der Waals surface area contributed by atoms with Crippen LogP contribution in [0.2, 0.25) is 0 Å². The molecular weight excluding hydrogens is 404 g/mol. The Bertz CT molecular complexity index is 1240. The molecule has 4 rings (SSSR count). The van der Waals surface area contributed by atoms with Gasteiger partial charge in [0.15, 0.2) is 10.8 Å². The third kappa shape index (κ3) is 4.17. The summed E-state index contributed by atoms with van der Waals surface area (Å²) in [4.78, 5) is 12.7. The molecule has 0 saturated heterocycles. The van der Waals surface area contributed by atoms with Crippen LogP contribution in [-0.4, -0.2) is 26.3 Å². The maximum atomic E-state index is 12.7. The van der Waals surface area contributed by atoms with Gasteiger partial charge < -0.3 is 5.32 Å². The standard InChI is InChI=1S/C25H28N4OS/c1-5-18-10-8-11-19(6-2)23(18)26-22(30)13-14-31-25-28-27-21-15-17(4)20-12-7-9-16(3)24(20)29(21)25/h7-12,15H,5-6,13-14H2,1-4H3,(H,26,30). The first-order valence-electron chi connectivity index (χ1n) is 10.8. The normalized spacial score (nSPS) is 11.4. The van der Waals surface area contributed by atoms with Crippen molar-refractivity contribution in [1.29, 1.82) is 0 Å². The summed E-state index contributed by atoms with van der Waals surface area (Å²) in [5.74, 6) is 0.678. The van der Waals surface area contributed by atoms with Crippen molar-refractivity contribution in [3.05, 3.63) is 64.7 Å². The Morgan fingerprint density at radius 2 is 1.71 bits per heavy atom. The van der Waals surface area contributed by atoms with E-state index in [9.17, 15) is 4.79 Å². The molecule has 2 heterocycles. The van der Waals surface area contributed by atoms with E-state index in [-0.39, 0.29) is 5.91 Å². The zero-order valence-electron chi connectivity index (χ0n) is 18.5. The van der Waals surface area contributed by atoms with Gasteiger partial charge >= 0.3 is 0 Å². The lowest BCUT2D eigenvalue weighted by atomic mass is 10.0. The number of nitrogens with one attached hydrogen (secondary N) is 1. The summed E-state index contributed by atoms with van der Waals surface area (Å²) in [6.45, 7) is 8.45. The lowest BCUT2D eigenvalue weighted by molar-refractivity contribution is -0.115. The number of anilines is 1. The van der Waals surface area contributed by atoms with Gasteiger partial charge in [0, 0.05) is 23.2 Å². The molecule has 0 radical (unpaired) electrons. The number of fused-ring (bicyclic) bond motifs is 3. The number of carbonyl (C=O) groups is 1. The van der Waals surface area contributed by atoms with Gasteiger partial charge in [0.2, 0.25) is 5.91 Å². The van der Waals surface area contributed by atoms with Crippen LogP contribution >= 0.6 is 11.8 Å². The minimum atomic E-state index is 0.0359. The van der Waals surface area contributed by atoms with Crippen LogP contribution in [0.15, 0.2) is 47.6 Å². The number of thioether (sulfide) groups is 1. The van der Waals surface area contributed by atoms with Gasteiger partial charge in [0.1, 0.15) is 0 Å². The second kappa shape index (κ2) is 9.10. The number of rotatable bonds is 7. The number of nitrogens with zero attached hydrogens (tertiary/aromatic N) is 3. The van der Waals surface area contributed by atoms with Crippen LogP contribution in [0.1, 0.15) is 42.5 Å². The largest absolute Gasteiger partial charge is 0.326 e. The SMILES string of the molecule is CCc1cccc(CC)c1NC(=O)CCSc1nnc2cc(C)c3cccc(C)c3n12. The van der Waals surface area contributed by atoms with E-state index < -0.39 is 0 Å². The fraction of sp³-hybridized carbons (Fsp3) is 0.320. The zero-order valence-corrected chi connectivity index (χ0v) is 19.3. The molecular formula is C25H28N4OS. The molecule has 0 aliphatic rings. The van der Waals surface area contributed by atoms with Crippen molar-refractivity contribution in [2.24, 2.45) is 0 Å². The molecule has 2 aromatic heterocycles. The number of hydrogen-bond donors (Lipinski definition) is 1. The van der Waals surface area contributed by atoms with Crippen molar-refractivity contribution in [2.45, 2.75) is 52.1 Å². The molecule has 4 aromatic rings. The molecule has 0 atom stereocenters. The fourth-order valence-electron chi connectivity index (χ4n) is 4.06. The minimum absolute atomic E-state index is 0.0359. The summed E-state index contributed by atoms with van der Waals surface area (Å²) in [7, 11) is 0. The predicted molar refractivity (Wildman–Crippen MR) is 129 cm³/mol. The molecule has 2 aromatic carbocycles. The molecule has 0 bridgehead atoms. The molecule has 5 nitrogen and oxygen atoms in total. The maximum Gasteiger partial charge on any atom is 0.225 e. The number of amides is 1. The highest BCUT2D eigenvalue weighted by molar-refractivity contribution is 7.99. The Morgan fingerprint density at radius 1 is 1.00 bits per heavy atom. The van der Waals surface area contributed by atoms with Crippen molar-refractivity contribution < 1.29 is 4.79 Å². The van der Waals surface area contributed by atoms with Crippen LogP contribution < -0.4 is 5.32 Å². The number of para-hydroxylation sites is 2. The molecule has 1 amide bonds. The van der Waals surface area contributed by atoms with Crippen molar-refractivity contribution in [2.75, 3.05) is 11.1 Å². The second-order valence-electron chi connectivity index (χ2n) is 7.78. The van der Waals surface area contributed by atoms with Gasteiger partial charge in [-0.2, -0.15) is 0 Å². The zero-order chi connectivity index (χ0) is 22.0. The van der Waals surface area contributed by atoms with E-state index in [0.29, 0.717) is 12.2 Å². The van der Waals surface area contributed by atoms with Crippen LogP contribution in [0, 0.1) is 13.8 Å². The van der Waals surface area contributed by atoms with Gasteiger partial charge in [-0.15, -0.1) is 10.2 Å². The molecule has 0 unspecified atom stereocenters. The Hall–Kier alpha value is -2.86. The monoisotopic (exact) mass is 432 g/mol. The summed E-state index contributed by atoms with van der Waals surface area (Å²) in [5, 5.41) is 14.0. The third-order valence-electron chi connectivity index (χ3n) is 5.71. The Morgan fingerprint density at radius 3 is 2.42 bits per heavy atom. The molecule has 160 valence electrons. The van der Waals surface area contributed by atoms with Crippen LogP contribution in [0.3, 0.4) is 0 Å². The quantitative estimate of drug-likeness (QED) is 0.378. The van der Waals surface area contributed by atoms with Crippen LogP contribution in [0.25, 0.3) is 16.6 Å². The van der Waals surface area contributed by atoms with Crippen LogP contribution in [0.4, 0.5) is 5.69 Å². The topological polar surface area (TPSA) is 59.3 Å². The molecule has 6 heteroatoms. The Balaban J connectivity index is 1.52. The fourth-order valence-corrected chi connectivity index (χ4v) is 4.95. The van der Waals surface area contributed by atoms with Crippen molar-refractivity contribution in [3.63, 3.8) is 0 Å². The number of pyridine rings is 1. The first-order chi connectivity index (χ1) is 15.0. The lowest BCUT2D eigenvalue weighted by Crippen LogP contribution is -2.15. The second-order valence-corrected chi connectivity index (χ2v) is 8.84. The molecule has 0 spiro atoms. The molecule has 0 saturated carbocycles. The van der Waals surface area contributed by atoms with E-state index in [1.165, 1.54) is 27.6 Å². The first kappa shape index (κ1) is 21.4. The summed E-state index contributed by atoms with van der Waals surface area (Å²) in [6, 6.07) is 14.6. The Labute approximate surface area is 187 Å². The third-order valence-corrected chi connectivity index (χ3v) is 6.64. The minimum Gasteiger partial charge on any atom is -0.326 e. The number of hydrogen-bond acceptors (Lipinski definition) is 4. The number of carbonyl (C=O) groups excluding carboxylic acids is 1. The number of aromatic nitrogens is 3. The van der Waals surface area contributed by atoms with Gasteiger partial charge in [-0.3, -0.25) is 9.20 Å². The first-order valence-corrected chi connectivity index (χ1v) is 11.8. The summed E-state index contributed by atoms with van der Waals surface area (Å²) in [5.41, 5.74) is 7.70. The van der Waals surface area contributed by atoms with Gasteiger partial charge in [0.05, 0.1) is 5.52 Å². The predicted octanol–water partition coefficient (Wildman–Crippen LogP) is 5.75. The molecule has 0 aliphatic carbocycles. The van der Waals surface area contributed by atoms with Gasteiger partial charge in [0.25, 0.3) is 0 Å². The highest BCUT2D eigenvalue weighted by Crippen LogP contribution is 2.28. The number of benzene rings is 2. The molecule has 1 N–H and O–H groups in total. The summed E-state index contributed by atoms with van der Waals surface area (Å²) >= 11 is 1.57. The van der Waals surface area contributed by atoms with Gasteiger partial charge in [-0.1, -0.05) is 62.0 Å². The lowest BCUT2D eigenvalue weighted by Gasteiger charge is -2.14. The van der Waals surface area contributed by atoms with Gasteiger partial charge in [-0.25, -0.2) is 0 Å². The van der Waals surface area contributed by atoms with E-state index in [1.54, 1.807) is 11.8 Å². The molecule has 0 aliphatic heterocycles. The van der Waals surface area contributed by atoms with E-state index >= 15 is 0 Å². The summed E-state index contributed by atoms with van der Waals surface area (Å²) < 4.78 is 2.11. The average Bonchev–Trinajstić information content (AvgIpc) is 3.16. The van der Waals surface area contributed by atoms with E-state index in [2.05, 4.69) is 90.1 Å². The van der Waals surface area contributed by atoms with E-state index in [4.69, 9.17) is 0 Å². The highest BCUT2D eigenvalue weighted by Gasteiger charge is 2.14. The van der Waals surface area contributed by atoms with Crippen molar-refractivity contribution >= 4 is 39.9 Å². The van der Waals surface area contributed by atoms with E-state index in [0.717, 1.165) is 34.8 Å². The van der Waals surface area contributed by atoms with Crippen molar-refractivity contribution in [1.82, 2.24) is 14.6 Å². The van der Waals surface area contributed by atoms with Gasteiger partial charge in [-0.05, 0) is 55.0 Å². The smallest absolute Gasteiger partial charge is 0.225 e. The maximum absolute atomic E-state index is 12.7. The number of aryl methyl sites for hydroxylation is 4. The Kier molecular flexibility index (Phi) is 6.28. The average molecular weight is 433 g/mol. The highest BCUT2D eigenvalue weighted by atomic mass is 32.2.